The zero-order valence-corrected chi connectivity index (χ0v) is 10.7. The van der Waals surface area contributed by atoms with E-state index in [0.717, 1.165) is 6.42 Å². The Bertz CT molecular complexity index is 161. The van der Waals surface area contributed by atoms with Crippen molar-refractivity contribution in [2.45, 2.75) is 65.3 Å². The van der Waals surface area contributed by atoms with Gasteiger partial charge >= 0.3 is 0 Å². The van der Waals surface area contributed by atoms with Crippen LogP contribution >= 0.6 is 0 Å². The molecule has 0 aromatic rings. The Labute approximate surface area is 93.5 Å². The van der Waals surface area contributed by atoms with Crippen molar-refractivity contribution < 1.29 is 14.9 Å². The Morgan fingerprint density at radius 3 is 2.13 bits per heavy atom. The van der Waals surface area contributed by atoms with E-state index in [2.05, 4.69) is 6.92 Å². The summed E-state index contributed by atoms with van der Waals surface area (Å²) in [7, 11) is 0. The van der Waals surface area contributed by atoms with Crippen LogP contribution in [0.25, 0.3) is 0 Å². The lowest BCUT2D eigenvalue weighted by molar-refractivity contribution is -0.0204. The largest absolute Gasteiger partial charge is 0.393 e. The second kappa shape index (κ2) is 6.46. The highest BCUT2D eigenvalue weighted by atomic mass is 16.5. The van der Waals surface area contributed by atoms with Crippen LogP contribution in [-0.2, 0) is 4.74 Å². The maximum Gasteiger partial charge on any atom is 0.0613 e. The topological polar surface area (TPSA) is 49.7 Å². The molecule has 3 atom stereocenters. The third-order valence-corrected chi connectivity index (χ3v) is 2.61. The normalized spacial score (nSPS) is 18.6. The molecule has 0 spiro atoms. The lowest BCUT2D eigenvalue weighted by Crippen LogP contribution is -2.26. The zero-order chi connectivity index (χ0) is 12.1. The van der Waals surface area contributed by atoms with Gasteiger partial charge in [-0.2, -0.15) is 0 Å². The molecule has 0 saturated heterocycles. The van der Waals surface area contributed by atoms with Gasteiger partial charge in [0.05, 0.1) is 17.8 Å². The van der Waals surface area contributed by atoms with Crippen LogP contribution in [0.2, 0.25) is 0 Å². The summed E-state index contributed by atoms with van der Waals surface area (Å²) in [6.45, 7) is 9.99. The molecule has 2 N–H and O–H groups in total. The minimum Gasteiger partial charge on any atom is -0.393 e. The summed E-state index contributed by atoms with van der Waals surface area (Å²) in [6.07, 6.45) is 1.24. The molecule has 0 rings (SSSR count). The number of hydrogen-bond donors (Lipinski definition) is 2. The fourth-order valence-electron chi connectivity index (χ4n) is 1.39. The quantitative estimate of drug-likeness (QED) is 0.687. The smallest absolute Gasteiger partial charge is 0.0613 e. The molecule has 0 bridgehead atoms. The molecule has 0 fully saturated rings. The molecule has 0 aromatic carbocycles. The first-order valence-corrected chi connectivity index (χ1v) is 5.74. The van der Waals surface area contributed by atoms with Crippen molar-refractivity contribution in [2.75, 3.05) is 6.61 Å². The number of aliphatic hydroxyl groups is 2. The van der Waals surface area contributed by atoms with Crippen LogP contribution in [0.15, 0.2) is 0 Å². The minimum atomic E-state index is -0.659. The van der Waals surface area contributed by atoms with Crippen LogP contribution in [0.5, 0.6) is 0 Å². The molecule has 3 nitrogen and oxygen atoms in total. The van der Waals surface area contributed by atoms with Gasteiger partial charge in [-0.15, -0.1) is 0 Å². The molecule has 0 amide bonds. The van der Waals surface area contributed by atoms with Crippen LogP contribution in [0.1, 0.15) is 47.5 Å². The molecule has 3 heteroatoms. The molecule has 92 valence electrons. The Morgan fingerprint density at radius 2 is 1.73 bits per heavy atom. The van der Waals surface area contributed by atoms with E-state index in [1.807, 2.05) is 6.92 Å². The van der Waals surface area contributed by atoms with Gasteiger partial charge in [-0.3, -0.25) is 0 Å². The molecule has 0 aliphatic heterocycles. The predicted octanol–water partition coefficient (Wildman–Crippen LogP) is 1.96. The minimum absolute atomic E-state index is 0.127. The molecular formula is C12H26O3. The first kappa shape index (κ1) is 14.9. The molecule has 0 aromatic heterocycles. The van der Waals surface area contributed by atoms with E-state index in [1.165, 1.54) is 0 Å². The van der Waals surface area contributed by atoms with Crippen molar-refractivity contribution in [1.29, 1.82) is 0 Å². The zero-order valence-electron chi connectivity index (χ0n) is 10.7. The summed E-state index contributed by atoms with van der Waals surface area (Å²) in [5.41, 5.74) is -0.659. The van der Waals surface area contributed by atoms with E-state index in [0.29, 0.717) is 18.9 Å². The van der Waals surface area contributed by atoms with Crippen LogP contribution in [0.4, 0.5) is 0 Å². The summed E-state index contributed by atoms with van der Waals surface area (Å²) < 4.78 is 5.61. The summed E-state index contributed by atoms with van der Waals surface area (Å²) in [6, 6.07) is 0. The second-order valence-electron chi connectivity index (χ2n) is 5.20. The van der Waals surface area contributed by atoms with Crippen molar-refractivity contribution in [3.05, 3.63) is 0 Å². The molecule has 0 saturated carbocycles. The lowest BCUT2D eigenvalue weighted by atomic mass is 9.99. The first-order chi connectivity index (χ1) is 6.72. The molecule has 3 unspecified atom stereocenters. The number of hydrogen-bond acceptors (Lipinski definition) is 3. The monoisotopic (exact) mass is 218 g/mol. The summed E-state index contributed by atoms with van der Waals surface area (Å²) in [4.78, 5) is 0. The predicted molar refractivity (Wildman–Crippen MR) is 61.8 cm³/mol. The summed E-state index contributed by atoms with van der Waals surface area (Å²) in [5.74, 6) is 0.340. The third-order valence-electron chi connectivity index (χ3n) is 2.61. The van der Waals surface area contributed by atoms with Crippen molar-refractivity contribution in [3.63, 3.8) is 0 Å². The van der Waals surface area contributed by atoms with Crippen molar-refractivity contribution >= 4 is 0 Å². The highest BCUT2D eigenvalue weighted by Gasteiger charge is 2.17. The van der Waals surface area contributed by atoms with Gasteiger partial charge in [-0.25, -0.2) is 0 Å². The van der Waals surface area contributed by atoms with Crippen molar-refractivity contribution in [1.82, 2.24) is 0 Å². The van der Waals surface area contributed by atoms with Crippen LogP contribution in [-0.4, -0.2) is 34.6 Å². The highest BCUT2D eigenvalue weighted by molar-refractivity contribution is 4.67. The van der Waals surface area contributed by atoms with Gasteiger partial charge < -0.3 is 14.9 Å². The number of rotatable bonds is 7. The summed E-state index contributed by atoms with van der Waals surface area (Å²) in [5, 5.41) is 18.7. The SMILES string of the molecule is CC(O)CC(C)C(C)OCCC(C)(C)O. The van der Waals surface area contributed by atoms with Crippen molar-refractivity contribution in [2.24, 2.45) is 5.92 Å². The number of ether oxygens (including phenoxy) is 1. The van der Waals surface area contributed by atoms with E-state index in [4.69, 9.17) is 4.74 Å². The van der Waals surface area contributed by atoms with Crippen LogP contribution in [0.3, 0.4) is 0 Å². The Balaban J connectivity index is 3.69. The van der Waals surface area contributed by atoms with Crippen LogP contribution in [0, 0.1) is 5.92 Å². The molecular weight excluding hydrogens is 192 g/mol. The van der Waals surface area contributed by atoms with Crippen molar-refractivity contribution in [3.8, 4) is 0 Å². The van der Waals surface area contributed by atoms with Gasteiger partial charge in [0, 0.05) is 6.61 Å². The Morgan fingerprint density at radius 1 is 1.20 bits per heavy atom. The molecule has 0 aliphatic carbocycles. The van der Waals surface area contributed by atoms with Gasteiger partial charge in [0.2, 0.25) is 0 Å². The van der Waals surface area contributed by atoms with E-state index in [1.54, 1.807) is 20.8 Å². The van der Waals surface area contributed by atoms with Gasteiger partial charge in [0.1, 0.15) is 0 Å². The Kier molecular flexibility index (Phi) is 6.41. The van der Waals surface area contributed by atoms with E-state index in [9.17, 15) is 10.2 Å². The van der Waals surface area contributed by atoms with Crippen LogP contribution < -0.4 is 0 Å². The molecule has 0 radical (unpaired) electrons. The number of aliphatic hydroxyl groups excluding tert-OH is 1. The maximum absolute atomic E-state index is 9.49. The fourth-order valence-corrected chi connectivity index (χ4v) is 1.39. The average Bonchev–Trinajstić information content (AvgIpc) is 2.00. The third kappa shape index (κ3) is 8.85. The first-order valence-electron chi connectivity index (χ1n) is 5.74. The maximum atomic E-state index is 9.49. The lowest BCUT2D eigenvalue weighted by Gasteiger charge is -2.24. The van der Waals surface area contributed by atoms with Gasteiger partial charge in [0.15, 0.2) is 0 Å². The van der Waals surface area contributed by atoms with Gasteiger partial charge in [-0.05, 0) is 46.5 Å². The standard InChI is InChI=1S/C12H26O3/c1-9(8-10(2)13)11(3)15-7-6-12(4,5)14/h9-11,13-14H,6-8H2,1-5H3. The van der Waals surface area contributed by atoms with Gasteiger partial charge in [0.25, 0.3) is 0 Å². The molecule has 0 heterocycles. The Hall–Kier alpha value is -0.120. The average molecular weight is 218 g/mol. The molecule has 0 aliphatic rings. The fraction of sp³-hybridized carbons (Fsp3) is 1.00. The van der Waals surface area contributed by atoms with E-state index < -0.39 is 5.60 Å². The second-order valence-corrected chi connectivity index (χ2v) is 5.20. The van der Waals surface area contributed by atoms with Gasteiger partial charge in [-0.1, -0.05) is 6.92 Å². The molecule has 15 heavy (non-hydrogen) atoms. The van der Waals surface area contributed by atoms with E-state index in [-0.39, 0.29) is 12.2 Å². The highest BCUT2D eigenvalue weighted by Crippen LogP contribution is 2.15. The summed E-state index contributed by atoms with van der Waals surface area (Å²) >= 11 is 0. The van der Waals surface area contributed by atoms with E-state index >= 15 is 0 Å².